The van der Waals surface area contributed by atoms with Gasteiger partial charge in [-0.3, -0.25) is 4.68 Å². The molecular weight excluding hydrogens is 226 g/mol. The minimum absolute atomic E-state index is 0.455. The first-order valence-corrected chi connectivity index (χ1v) is 6.53. The van der Waals surface area contributed by atoms with Crippen LogP contribution in [0.5, 0.6) is 0 Å². The molecule has 0 unspecified atom stereocenters. The summed E-state index contributed by atoms with van der Waals surface area (Å²) in [4.78, 5) is 0. The van der Waals surface area contributed by atoms with Crippen LogP contribution in [0, 0.1) is 18.3 Å². The minimum Gasteiger partial charge on any atom is -0.366 e. The van der Waals surface area contributed by atoms with Crippen molar-refractivity contribution in [2.45, 2.75) is 44.7 Å². The maximum absolute atomic E-state index is 9.17. The van der Waals surface area contributed by atoms with Gasteiger partial charge in [0.2, 0.25) is 0 Å². The molecular formula is C13H21N5. The first-order chi connectivity index (χ1) is 8.65. The number of aromatic nitrogens is 2. The number of rotatable bonds is 3. The number of nitriles is 1. The second kappa shape index (κ2) is 5.40. The molecule has 0 aromatic carbocycles. The maximum Gasteiger partial charge on any atom is 0.142 e. The van der Waals surface area contributed by atoms with Crippen LogP contribution < -0.4 is 10.6 Å². The molecule has 1 aliphatic carbocycles. The Morgan fingerprint density at radius 2 is 1.89 bits per heavy atom. The van der Waals surface area contributed by atoms with Gasteiger partial charge in [-0.1, -0.05) is 0 Å². The molecule has 1 aliphatic rings. The summed E-state index contributed by atoms with van der Waals surface area (Å²) in [6.07, 6.45) is 4.65. The Hall–Kier alpha value is -1.54. The van der Waals surface area contributed by atoms with Crippen molar-refractivity contribution < 1.29 is 0 Å². The number of aryl methyl sites for hydroxylation is 2. The van der Waals surface area contributed by atoms with Gasteiger partial charge in [-0.25, -0.2) is 0 Å². The van der Waals surface area contributed by atoms with Crippen LogP contribution in [-0.2, 0) is 7.05 Å². The number of nitrogens with zero attached hydrogens (tertiary/aromatic N) is 3. The van der Waals surface area contributed by atoms with Gasteiger partial charge in [-0.15, -0.1) is 0 Å². The molecule has 0 aliphatic heterocycles. The Morgan fingerprint density at radius 3 is 2.44 bits per heavy atom. The van der Waals surface area contributed by atoms with Crippen molar-refractivity contribution in [2.24, 2.45) is 7.05 Å². The van der Waals surface area contributed by atoms with Crippen LogP contribution in [-0.4, -0.2) is 28.9 Å². The zero-order valence-electron chi connectivity index (χ0n) is 11.3. The Balaban J connectivity index is 2.05. The van der Waals surface area contributed by atoms with Crippen molar-refractivity contribution >= 4 is 5.82 Å². The normalized spacial score (nSPS) is 23.7. The Morgan fingerprint density at radius 1 is 1.28 bits per heavy atom. The second-order valence-electron chi connectivity index (χ2n) is 5.03. The van der Waals surface area contributed by atoms with E-state index in [0.717, 1.165) is 24.4 Å². The van der Waals surface area contributed by atoms with Gasteiger partial charge < -0.3 is 10.6 Å². The summed E-state index contributed by atoms with van der Waals surface area (Å²) in [7, 11) is 3.91. The third-order valence-electron chi connectivity index (χ3n) is 3.81. The maximum atomic E-state index is 9.17. The average Bonchev–Trinajstić information content (AvgIpc) is 2.64. The molecule has 18 heavy (non-hydrogen) atoms. The second-order valence-corrected chi connectivity index (χ2v) is 5.03. The summed E-state index contributed by atoms with van der Waals surface area (Å²) in [5.74, 6) is 0.864. The van der Waals surface area contributed by atoms with Gasteiger partial charge in [0.05, 0.1) is 5.69 Å². The molecule has 0 spiro atoms. The lowest BCUT2D eigenvalue weighted by Crippen LogP contribution is -2.35. The fourth-order valence-corrected chi connectivity index (χ4v) is 2.68. The van der Waals surface area contributed by atoms with E-state index in [9.17, 15) is 0 Å². The van der Waals surface area contributed by atoms with Gasteiger partial charge in [0.25, 0.3) is 0 Å². The molecule has 2 rings (SSSR count). The van der Waals surface area contributed by atoms with Gasteiger partial charge in [0.15, 0.2) is 0 Å². The number of hydrogen-bond donors (Lipinski definition) is 2. The third kappa shape index (κ3) is 2.49. The van der Waals surface area contributed by atoms with Crippen LogP contribution >= 0.6 is 0 Å². The molecule has 1 heterocycles. The predicted octanol–water partition coefficient (Wildman–Crippen LogP) is 1.54. The number of nitrogens with one attached hydrogen (secondary N) is 2. The van der Waals surface area contributed by atoms with E-state index in [1.54, 1.807) is 4.68 Å². The van der Waals surface area contributed by atoms with E-state index in [2.05, 4.69) is 21.8 Å². The van der Waals surface area contributed by atoms with Gasteiger partial charge in [0, 0.05) is 19.1 Å². The number of hydrogen-bond acceptors (Lipinski definition) is 4. The van der Waals surface area contributed by atoms with Crippen molar-refractivity contribution in [2.75, 3.05) is 12.4 Å². The topological polar surface area (TPSA) is 65.7 Å². The summed E-state index contributed by atoms with van der Waals surface area (Å²) in [5, 5.41) is 20.3. The summed E-state index contributed by atoms with van der Waals surface area (Å²) in [5.41, 5.74) is 1.47. The molecule has 1 fully saturated rings. The molecule has 0 amide bonds. The average molecular weight is 247 g/mol. The SMILES string of the molecule is CNC1CCC(Nc2c(C#N)c(C)nn2C)CC1. The highest BCUT2D eigenvalue weighted by molar-refractivity contribution is 5.55. The van der Waals surface area contributed by atoms with Crippen LogP contribution in [0.3, 0.4) is 0 Å². The molecule has 98 valence electrons. The van der Waals surface area contributed by atoms with Gasteiger partial charge in [-0.2, -0.15) is 10.4 Å². The van der Waals surface area contributed by atoms with E-state index >= 15 is 0 Å². The molecule has 1 aromatic heterocycles. The van der Waals surface area contributed by atoms with Crippen molar-refractivity contribution in [1.82, 2.24) is 15.1 Å². The Bertz CT molecular complexity index is 449. The first-order valence-electron chi connectivity index (χ1n) is 6.53. The fourth-order valence-electron chi connectivity index (χ4n) is 2.68. The highest BCUT2D eigenvalue weighted by Gasteiger charge is 2.22. The Kier molecular flexibility index (Phi) is 3.87. The monoisotopic (exact) mass is 247 g/mol. The lowest BCUT2D eigenvalue weighted by atomic mass is 9.91. The molecule has 1 saturated carbocycles. The van der Waals surface area contributed by atoms with E-state index in [1.807, 2.05) is 21.0 Å². The lowest BCUT2D eigenvalue weighted by molar-refractivity contribution is 0.370. The first kappa shape index (κ1) is 12.9. The van der Waals surface area contributed by atoms with Crippen molar-refractivity contribution in [3.8, 4) is 6.07 Å². The van der Waals surface area contributed by atoms with Crippen LogP contribution in [0.15, 0.2) is 0 Å². The third-order valence-corrected chi connectivity index (χ3v) is 3.81. The van der Waals surface area contributed by atoms with E-state index in [4.69, 9.17) is 5.26 Å². The van der Waals surface area contributed by atoms with Crippen LogP contribution in [0.2, 0.25) is 0 Å². The van der Waals surface area contributed by atoms with E-state index < -0.39 is 0 Å². The van der Waals surface area contributed by atoms with Crippen LogP contribution in [0.1, 0.15) is 36.9 Å². The smallest absolute Gasteiger partial charge is 0.142 e. The predicted molar refractivity (Wildman–Crippen MR) is 71.4 cm³/mol. The Labute approximate surface area is 108 Å². The number of anilines is 1. The van der Waals surface area contributed by atoms with Crippen molar-refractivity contribution in [3.05, 3.63) is 11.3 Å². The van der Waals surface area contributed by atoms with E-state index in [-0.39, 0.29) is 0 Å². The molecule has 0 bridgehead atoms. The molecule has 0 atom stereocenters. The molecule has 0 saturated heterocycles. The van der Waals surface area contributed by atoms with Gasteiger partial charge in [-0.05, 0) is 39.7 Å². The molecule has 5 heteroatoms. The summed E-state index contributed by atoms with van der Waals surface area (Å²) < 4.78 is 1.78. The van der Waals surface area contributed by atoms with Gasteiger partial charge >= 0.3 is 0 Å². The zero-order valence-corrected chi connectivity index (χ0v) is 11.3. The standard InChI is InChI=1S/C13H21N5/c1-9-12(8-14)13(18(3)17-9)16-11-6-4-10(15-2)5-7-11/h10-11,15-16H,4-7H2,1-3H3. The summed E-state index contributed by atoms with van der Waals surface area (Å²) in [6.45, 7) is 1.88. The molecule has 5 nitrogen and oxygen atoms in total. The van der Waals surface area contributed by atoms with Crippen molar-refractivity contribution in [3.63, 3.8) is 0 Å². The summed E-state index contributed by atoms with van der Waals surface area (Å²) in [6, 6.07) is 3.34. The lowest BCUT2D eigenvalue weighted by Gasteiger charge is -2.29. The van der Waals surface area contributed by atoms with Crippen molar-refractivity contribution in [1.29, 1.82) is 5.26 Å². The minimum atomic E-state index is 0.455. The van der Waals surface area contributed by atoms with E-state index in [0.29, 0.717) is 17.6 Å². The quantitative estimate of drug-likeness (QED) is 0.850. The molecule has 1 aromatic rings. The molecule has 0 radical (unpaired) electrons. The van der Waals surface area contributed by atoms with E-state index in [1.165, 1.54) is 12.8 Å². The summed E-state index contributed by atoms with van der Waals surface area (Å²) >= 11 is 0. The zero-order chi connectivity index (χ0) is 13.1. The van der Waals surface area contributed by atoms with Crippen LogP contribution in [0.25, 0.3) is 0 Å². The highest BCUT2D eigenvalue weighted by Crippen LogP contribution is 2.24. The largest absolute Gasteiger partial charge is 0.366 e. The molecule has 2 N–H and O–H groups in total. The van der Waals surface area contributed by atoms with Gasteiger partial charge in [0.1, 0.15) is 17.5 Å². The fraction of sp³-hybridized carbons (Fsp3) is 0.692. The van der Waals surface area contributed by atoms with Crippen LogP contribution in [0.4, 0.5) is 5.82 Å². The highest BCUT2D eigenvalue weighted by atomic mass is 15.3.